The molecule has 1 N–H and O–H groups in total. The highest BCUT2D eigenvalue weighted by atomic mass is 32.2. The quantitative estimate of drug-likeness (QED) is 0.567. The Kier molecular flexibility index (Phi) is 7.96. The Balaban J connectivity index is 1.34. The van der Waals surface area contributed by atoms with Crippen molar-refractivity contribution in [2.75, 3.05) is 39.3 Å². The van der Waals surface area contributed by atoms with E-state index >= 15 is 0 Å². The van der Waals surface area contributed by atoms with E-state index in [-0.39, 0.29) is 23.3 Å². The monoisotopic (exact) mass is 469 g/mol. The highest BCUT2D eigenvalue weighted by molar-refractivity contribution is 7.89. The molecule has 1 unspecified atom stereocenters. The first-order valence-electron chi connectivity index (χ1n) is 12.1. The second-order valence-corrected chi connectivity index (χ2v) is 11.3. The molecule has 4 rings (SSSR count). The van der Waals surface area contributed by atoms with Crippen LogP contribution >= 0.6 is 0 Å². The first-order valence-corrected chi connectivity index (χ1v) is 13.5. The largest absolute Gasteiger partial charge is 0.308 e. The smallest absolute Gasteiger partial charge is 0.243 e. The Morgan fingerprint density at radius 1 is 0.970 bits per heavy atom. The van der Waals surface area contributed by atoms with Crippen LogP contribution in [0.15, 0.2) is 59.5 Å². The molecule has 1 atom stereocenters. The molecule has 0 amide bonds. The predicted octanol–water partition coefficient (Wildman–Crippen LogP) is 3.72. The Morgan fingerprint density at radius 2 is 1.61 bits per heavy atom. The van der Waals surface area contributed by atoms with Crippen molar-refractivity contribution in [3.63, 3.8) is 0 Å². The molecule has 2 fully saturated rings. The number of ketones is 1. The first kappa shape index (κ1) is 24.1. The Bertz CT molecular complexity index is 1010. The number of piperidine rings is 1. The number of benzene rings is 2. The number of hydrogen-bond acceptors (Lipinski definition) is 5. The van der Waals surface area contributed by atoms with Crippen LogP contribution in [0.5, 0.6) is 0 Å². The lowest BCUT2D eigenvalue weighted by molar-refractivity contribution is 0.0987. The van der Waals surface area contributed by atoms with Crippen LogP contribution in [-0.2, 0) is 10.0 Å². The van der Waals surface area contributed by atoms with Gasteiger partial charge >= 0.3 is 0 Å². The molecule has 2 aliphatic rings. The van der Waals surface area contributed by atoms with Crippen LogP contribution in [0.1, 0.15) is 54.6 Å². The van der Waals surface area contributed by atoms with Gasteiger partial charge in [-0.1, -0.05) is 49.4 Å². The van der Waals surface area contributed by atoms with Crippen LogP contribution < -0.4 is 5.32 Å². The number of carbonyl (C=O) groups is 1. The van der Waals surface area contributed by atoms with Gasteiger partial charge in [0.05, 0.1) is 11.4 Å². The van der Waals surface area contributed by atoms with Gasteiger partial charge in [0.15, 0.2) is 5.78 Å². The van der Waals surface area contributed by atoms with Crippen molar-refractivity contribution in [1.29, 1.82) is 0 Å². The van der Waals surface area contributed by atoms with Gasteiger partial charge in [0.1, 0.15) is 0 Å². The fourth-order valence-electron chi connectivity index (χ4n) is 4.80. The normalized spacial score (nSPS) is 19.5. The van der Waals surface area contributed by atoms with Gasteiger partial charge in [-0.05, 0) is 62.4 Å². The van der Waals surface area contributed by atoms with Crippen molar-refractivity contribution in [2.45, 2.75) is 43.5 Å². The highest BCUT2D eigenvalue weighted by Gasteiger charge is 2.28. The van der Waals surface area contributed by atoms with Crippen LogP contribution in [-0.4, -0.2) is 62.7 Å². The maximum Gasteiger partial charge on any atom is 0.243 e. The summed E-state index contributed by atoms with van der Waals surface area (Å²) in [6.07, 6.45) is 4.22. The van der Waals surface area contributed by atoms with Crippen molar-refractivity contribution in [2.24, 2.45) is 5.92 Å². The van der Waals surface area contributed by atoms with Gasteiger partial charge in [-0.2, -0.15) is 4.31 Å². The van der Waals surface area contributed by atoms with Crippen molar-refractivity contribution < 1.29 is 13.2 Å². The average Bonchev–Trinajstić information content (AvgIpc) is 3.37. The molecule has 2 aliphatic heterocycles. The van der Waals surface area contributed by atoms with Crippen molar-refractivity contribution in [3.8, 4) is 0 Å². The third-order valence-electron chi connectivity index (χ3n) is 6.95. The molecule has 178 valence electrons. The summed E-state index contributed by atoms with van der Waals surface area (Å²) in [7, 11) is -3.50. The highest BCUT2D eigenvalue weighted by Crippen LogP contribution is 2.25. The number of sulfonamides is 1. The van der Waals surface area contributed by atoms with E-state index in [4.69, 9.17) is 0 Å². The summed E-state index contributed by atoms with van der Waals surface area (Å²) in [5.74, 6) is 0.537. The first-order chi connectivity index (χ1) is 15.9. The third-order valence-corrected chi connectivity index (χ3v) is 8.86. The summed E-state index contributed by atoms with van der Waals surface area (Å²) in [5.41, 5.74) is 1.80. The number of nitrogens with one attached hydrogen (secondary N) is 1. The van der Waals surface area contributed by atoms with Crippen molar-refractivity contribution >= 4 is 15.8 Å². The second kappa shape index (κ2) is 10.9. The van der Waals surface area contributed by atoms with Crippen LogP contribution in [0.25, 0.3) is 0 Å². The summed E-state index contributed by atoms with van der Waals surface area (Å²) < 4.78 is 27.4. The zero-order valence-electron chi connectivity index (χ0n) is 19.4. The molecule has 0 aliphatic carbocycles. The molecular weight excluding hydrogens is 434 g/mol. The van der Waals surface area contributed by atoms with Gasteiger partial charge in [-0.3, -0.25) is 9.69 Å². The molecule has 0 spiro atoms. The molecule has 33 heavy (non-hydrogen) atoms. The van der Waals surface area contributed by atoms with Crippen LogP contribution in [0.3, 0.4) is 0 Å². The Hall–Kier alpha value is -2.06. The molecule has 7 heteroatoms. The minimum absolute atomic E-state index is 0.0287. The predicted molar refractivity (Wildman–Crippen MR) is 131 cm³/mol. The standard InChI is InChI=1S/C26H35N3O3S/c1-21-13-17-29(18-14-21)33(31,32)24-11-9-23(10-12-24)26(30)20-27-19-25(28-15-5-6-16-28)22-7-3-2-4-8-22/h2-4,7-12,21,25,27H,5-6,13-20H2,1H3. The second-order valence-electron chi connectivity index (χ2n) is 9.33. The number of carbonyl (C=O) groups excluding carboxylic acids is 1. The molecule has 0 radical (unpaired) electrons. The maximum atomic E-state index is 12.9. The fraction of sp³-hybridized carbons (Fsp3) is 0.500. The number of Topliss-reactive ketones (excluding diaryl/α,β-unsaturated/α-hetero) is 1. The van der Waals surface area contributed by atoms with Gasteiger partial charge in [-0.15, -0.1) is 0 Å². The van der Waals surface area contributed by atoms with Crippen molar-refractivity contribution in [1.82, 2.24) is 14.5 Å². The zero-order valence-corrected chi connectivity index (χ0v) is 20.3. The summed E-state index contributed by atoms with van der Waals surface area (Å²) in [4.78, 5) is 15.5. The van der Waals surface area contributed by atoms with E-state index in [1.165, 1.54) is 18.4 Å². The molecule has 0 aromatic heterocycles. The van der Waals surface area contributed by atoms with E-state index in [1.54, 1.807) is 28.6 Å². The summed E-state index contributed by atoms with van der Waals surface area (Å²) in [6.45, 7) is 6.39. The van der Waals surface area contributed by atoms with Crippen LogP contribution in [0.2, 0.25) is 0 Å². The Morgan fingerprint density at radius 3 is 2.24 bits per heavy atom. The van der Waals surface area contributed by atoms with Gasteiger partial charge in [0, 0.05) is 31.2 Å². The minimum Gasteiger partial charge on any atom is -0.308 e. The minimum atomic E-state index is -3.50. The zero-order chi connectivity index (χ0) is 23.3. The van der Waals surface area contributed by atoms with Crippen LogP contribution in [0.4, 0.5) is 0 Å². The Labute approximate surface area is 198 Å². The van der Waals surface area contributed by atoms with Gasteiger partial charge in [0.2, 0.25) is 10.0 Å². The van der Waals surface area contributed by atoms with Crippen LogP contribution in [0, 0.1) is 5.92 Å². The molecule has 0 bridgehead atoms. The molecule has 2 aromatic carbocycles. The van der Waals surface area contributed by atoms with E-state index in [0.717, 1.165) is 25.9 Å². The van der Waals surface area contributed by atoms with E-state index < -0.39 is 10.0 Å². The molecule has 2 aromatic rings. The number of likely N-dealkylation sites (tertiary alicyclic amines) is 1. The number of rotatable bonds is 9. The summed E-state index contributed by atoms with van der Waals surface area (Å²) >= 11 is 0. The summed E-state index contributed by atoms with van der Waals surface area (Å²) in [5, 5.41) is 3.34. The lowest BCUT2D eigenvalue weighted by atomic mass is 10.0. The van der Waals surface area contributed by atoms with E-state index in [9.17, 15) is 13.2 Å². The maximum absolute atomic E-state index is 12.9. The van der Waals surface area contributed by atoms with E-state index in [1.807, 2.05) is 6.07 Å². The third kappa shape index (κ3) is 5.90. The van der Waals surface area contributed by atoms with E-state index in [0.29, 0.717) is 31.1 Å². The fourth-order valence-corrected chi connectivity index (χ4v) is 6.27. The molecule has 6 nitrogen and oxygen atoms in total. The topological polar surface area (TPSA) is 69.7 Å². The van der Waals surface area contributed by atoms with Gasteiger partial charge < -0.3 is 5.32 Å². The van der Waals surface area contributed by atoms with Gasteiger partial charge in [0.25, 0.3) is 0 Å². The van der Waals surface area contributed by atoms with Crippen molar-refractivity contribution in [3.05, 3.63) is 65.7 Å². The number of nitrogens with zero attached hydrogens (tertiary/aromatic N) is 2. The average molecular weight is 470 g/mol. The molecule has 2 heterocycles. The lowest BCUT2D eigenvalue weighted by Crippen LogP contribution is -2.37. The SMILES string of the molecule is CC1CCN(S(=O)(=O)c2ccc(C(=O)CNCC(c3ccccc3)N3CCCC3)cc2)CC1. The molecule has 2 saturated heterocycles. The molecular formula is C26H35N3O3S. The van der Waals surface area contributed by atoms with Gasteiger partial charge in [-0.25, -0.2) is 8.42 Å². The molecule has 0 saturated carbocycles. The lowest BCUT2D eigenvalue weighted by Gasteiger charge is -2.29. The number of hydrogen-bond donors (Lipinski definition) is 1. The summed E-state index contributed by atoms with van der Waals surface area (Å²) in [6, 6.07) is 17.1. The van der Waals surface area contributed by atoms with E-state index in [2.05, 4.69) is 41.4 Å².